The average Bonchev–Trinajstić information content (AvgIpc) is 3.36. The van der Waals surface area contributed by atoms with Crippen molar-refractivity contribution in [2.45, 2.75) is 5.92 Å². The summed E-state index contributed by atoms with van der Waals surface area (Å²) in [6.07, 6.45) is 0. The SMILES string of the molecule is COCCOCOc1c(F)ccc(-c2c(C(c3ccccc3)c3ccccc3)cc3c(c2O)C(=O)NC3=O)c1OCOCCOC. The van der Waals surface area contributed by atoms with Gasteiger partial charge < -0.3 is 33.5 Å². The van der Waals surface area contributed by atoms with Gasteiger partial charge in [-0.1, -0.05) is 60.7 Å². The smallest absolute Gasteiger partial charge is 0.262 e. The Balaban J connectivity index is 1.74. The molecule has 0 radical (unpaired) electrons. The molecular formula is C35H34FNO9. The lowest BCUT2D eigenvalue weighted by Crippen LogP contribution is -2.19. The summed E-state index contributed by atoms with van der Waals surface area (Å²) in [5.41, 5.74) is 2.33. The summed E-state index contributed by atoms with van der Waals surface area (Å²) in [4.78, 5) is 25.9. The minimum atomic E-state index is -0.760. The summed E-state index contributed by atoms with van der Waals surface area (Å²) in [5.74, 6) is -3.55. The van der Waals surface area contributed by atoms with E-state index in [9.17, 15) is 14.7 Å². The van der Waals surface area contributed by atoms with E-state index in [4.69, 9.17) is 28.4 Å². The van der Waals surface area contributed by atoms with Crippen molar-refractivity contribution in [2.24, 2.45) is 0 Å². The van der Waals surface area contributed by atoms with Gasteiger partial charge in [0, 0.05) is 31.3 Å². The summed E-state index contributed by atoms with van der Waals surface area (Å²) in [6.45, 7) is 0.339. The Labute approximate surface area is 265 Å². The molecule has 4 aromatic carbocycles. The number of methoxy groups -OCH3 is 2. The minimum Gasteiger partial charge on any atom is -0.506 e. The van der Waals surface area contributed by atoms with E-state index in [0.717, 1.165) is 11.1 Å². The fourth-order valence-electron chi connectivity index (χ4n) is 5.30. The van der Waals surface area contributed by atoms with E-state index in [1.807, 2.05) is 60.7 Å². The van der Waals surface area contributed by atoms with Gasteiger partial charge in [0.1, 0.15) is 5.75 Å². The van der Waals surface area contributed by atoms with E-state index in [0.29, 0.717) is 18.8 Å². The van der Waals surface area contributed by atoms with Crippen LogP contribution in [0.4, 0.5) is 4.39 Å². The zero-order chi connectivity index (χ0) is 32.5. The first-order valence-corrected chi connectivity index (χ1v) is 14.5. The normalized spacial score (nSPS) is 12.3. The number of nitrogens with one attached hydrogen (secondary N) is 1. The molecule has 0 fully saturated rings. The Bertz CT molecular complexity index is 1620. The van der Waals surface area contributed by atoms with Crippen LogP contribution in [0.5, 0.6) is 17.2 Å². The molecule has 0 saturated heterocycles. The van der Waals surface area contributed by atoms with E-state index in [1.54, 1.807) is 6.07 Å². The summed E-state index contributed by atoms with van der Waals surface area (Å²) in [5, 5.41) is 14.2. The van der Waals surface area contributed by atoms with Crippen molar-refractivity contribution in [2.75, 3.05) is 54.2 Å². The molecule has 0 aliphatic carbocycles. The van der Waals surface area contributed by atoms with Gasteiger partial charge in [0.15, 0.2) is 25.2 Å². The molecule has 11 heteroatoms. The van der Waals surface area contributed by atoms with Crippen molar-refractivity contribution in [1.82, 2.24) is 5.32 Å². The molecule has 0 aromatic heterocycles. The maximum absolute atomic E-state index is 15.5. The molecule has 2 N–H and O–H groups in total. The van der Waals surface area contributed by atoms with Gasteiger partial charge in [0.05, 0.1) is 37.6 Å². The molecule has 0 unspecified atom stereocenters. The average molecular weight is 632 g/mol. The number of ether oxygens (including phenoxy) is 6. The molecule has 5 rings (SSSR count). The second kappa shape index (κ2) is 15.5. The van der Waals surface area contributed by atoms with Gasteiger partial charge in [-0.3, -0.25) is 14.9 Å². The lowest BCUT2D eigenvalue weighted by atomic mass is 9.79. The van der Waals surface area contributed by atoms with Crippen LogP contribution in [-0.2, 0) is 18.9 Å². The number of rotatable bonds is 16. The molecule has 0 saturated carbocycles. The number of phenols is 1. The molecular weight excluding hydrogens is 597 g/mol. The van der Waals surface area contributed by atoms with Crippen molar-refractivity contribution >= 4 is 11.8 Å². The van der Waals surface area contributed by atoms with Crippen LogP contribution in [-0.4, -0.2) is 71.2 Å². The molecule has 46 heavy (non-hydrogen) atoms. The van der Waals surface area contributed by atoms with E-state index in [2.05, 4.69) is 5.32 Å². The molecule has 0 atom stereocenters. The van der Waals surface area contributed by atoms with Crippen LogP contribution in [0.3, 0.4) is 0 Å². The zero-order valence-electron chi connectivity index (χ0n) is 25.4. The maximum atomic E-state index is 15.5. The molecule has 1 aliphatic rings. The second-order valence-electron chi connectivity index (χ2n) is 10.2. The Kier molecular flexibility index (Phi) is 10.9. The lowest BCUT2D eigenvalue weighted by Gasteiger charge is -2.25. The Morgan fingerprint density at radius 3 is 1.83 bits per heavy atom. The molecule has 0 bridgehead atoms. The number of imide groups is 1. The number of halogens is 1. The first kappa shape index (κ1) is 32.6. The minimum absolute atomic E-state index is 0.0219. The van der Waals surface area contributed by atoms with Crippen LogP contribution < -0.4 is 14.8 Å². The highest BCUT2D eigenvalue weighted by Gasteiger charge is 2.37. The fourth-order valence-corrected chi connectivity index (χ4v) is 5.30. The predicted octanol–water partition coefficient (Wildman–Crippen LogP) is 5.26. The topological polar surface area (TPSA) is 122 Å². The molecule has 4 aromatic rings. The van der Waals surface area contributed by atoms with E-state index < -0.39 is 29.3 Å². The standard InChI is InChI=1S/C35H34FNO9/c1-41-15-17-43-20-45-32-24(13-14-27(36)33(32)46-21-44-18-16-42-2)29-25(19-26-30(31(29)38)35(40)37-34(26)39)28(22-9-5-3-6-10-22)23-11-7-4-8-12-23/h3-14,19,28,38H,15-18,20-21H2,1-2H3,(H,37,39,40). The number of hydrogen-bond donors (Lipinski definition) is 2. The van der Waals surface area contributed by atoms with Crippen LogP contribution in [0.15, 0.2) is 78.9 Å². The summed E-state index contributed by atoms with van der Waals surface area (Å²) in [6, 6.07) is 23.2. The number of fused-ring (bicyclic) bond motifs is 1. The van der Waals surface area contributed by atoms with Crippen molar-refractivity contribution in [1.29, 1.82) is 0 Å². The van der Waals surface area contributed by atoms with Crippen molar-refractivity contribution in [3.8, 4) is 28.4 Å². The number of benzene rings is 4. The first-order chi connectivity index (χ1) is 22.5. The fraction of sp³-hybridized carbons (Fsp3) is 0.257. The number of carbonyl (C=O) groups excluding carboxylic acids is 2. The van der Waals surface area contributed by atoms with Crippen LogP contribution in [0.2, 0.25) is 0 Å². The van der Waals surface area contributed by atoms with E-state index >= 15 is 4.39 Å². The van der Waals surface area contributed by atoms with Crippen LogP contribution in [0.25, 0.3) is 11.1 Å². The third-order valence-electron chi connectivity index (χ3n) is 7.38. The Morgan fingerprint density at radius 2 is 1.26 bits per heavy atom. The zero-order valence-corrected chi connectivity index (χ0v) is 25.4. The van der Waals surface area contributed by atoms with Crippen LogP contribution in [0.1, 0.15) is 43.3 Å². The van der Waals surface area contributed by atoms with E-state index in [1.165, 1.54) is 26.4 Å². The maximum Gasteiger partial charge on any atom is 0.262 e. The quantitative estimate of drug-likeness (QED) is 0.0738. The van der Waals surface area contributed by atoms with Gasteiger partial charge in [0.25, 0.3) is 11.8 Å². The highest BCUT2D eigenvalue weighted by Crippen LogP contribution is 2.50. The van der Waals surface area contributed by atoms with Crippen molar-refractivity contribution in [3.05, 3.63) is 112 Å². The monoisotopic (exact) mass is 631 g/mol. The number of carbonyl (C=O) groups is 2. The Hall–Kier alpha value is -4.81. The van der Waals surface area contributed by atoms with Gasteiger partial charge in [0.2, 0.25) is 5.75 Å². The van der Waals surface area contributed by atoms with Gasteiger partial charge in [-0.2, -0.15) is 0 Å². The van der Waals surface area contributed by atoms with Crippen LogP contribution in [0, 0.1) is 5.82 Å². The largest absolute Gasteiger partial charge is 0.506 e. The van der Waals surface area contributed by atoms with Crippen molar-refractivity contribution < 1.29 is 47.5 Å². The van der Waals surface area contributed by atoms with Gasteiger partial charge >= 0.3 is 0 Å². The third kappa shape index (κ3) is 7.03. The molecule has 240 valence electrons. The molecule has 2 amide bonds. The highest BCUT2D eigenvalue weighted by molar-refractivity contribution is 6.23. The second-order valence-corrected chi connectivity index (χ2v) is 10.2. The van der Waals surface area contributed by atoms with Crippen molar-refractivity contribution in [3.63, 3.8) is 0 Å². The number of hydrogen-bond acceptors (Lipinski definition) is 9. The number of phenolic OH excluding ortho intramolecular Hbond substituents is 1. The molecule has 0 spiro atoms. The summed E-state index contributed by atoms with van der Waals surface area (Å²) < 4.78 is 48.1. The Morgan fingerprint density at radius 1 is 0.696 bits per heavy atom. The lowest BCUT2D eigenvalue weighted by molar-refractivity contribution is -0.0218. The third-order valence-corrected chi connectivity index (χ3v) is 7.38. The molecule has 10 nitrogen and oxygen atoms in total. The van der Waals surface area contributed by atoms with E-state index in [-0.39, 0.29) is 60.6 Å². The molecule has 1 heterocycles. The van der Waals surface area contributed by atoms with Gasteiger partial charge in [-0.15, -0.1) is 0 Å². The first-order valence-electron chi connectivity index (χ1n) is 14.5. The number of aromatic hydroxyl groups is 1. The van der Waals surface area contributed by atoms with Gasteiger partial charge in [-0.05, 0) is 34.9 Å². The summed E-state index contributed by atoms with van der Waals surface area (Å²) >= 11 is 0. The molecule has 1 aliphatic heterocycles. The van der Waals surface area contributed by atoms with Gasteiger partial charge in [-0.25, -0.2) is 4.39 Å². The predicted molar refractivity (Wildman–Crippen MR) is 166 cm³/mol. The highest BCUT2D eigenvalue weighted by atomic mass is 19.1. The summed E-state index contributed by atoms with van der Waals surface area (Å²) in [7, 11) is 3.05. The van der Waals surface area contributed by atoms with Crippen LogP contribution >= 0.6 is 0 Å². The number of amides is 2.